The summed E-state index contributed by atoms with van der Waals surface area (Å²) in [4.78, 5) is 23.8. The van der Waals surface area contributed by atoms with Gasteiger partial charge in [-0.3, -0.25) is 4.79 Å². The Bertz CT molecular complexity index is 476. The molecule has 0 bridgehead atoms. The summed E-state index contributed by atoms with van der Waals surface area (Å²) >= 11 is 0. The smallest absolute Gasteiger partial charge is 0.325 e. The Labute approximate surface area is 105 Å². The number of ether oxygens (including phenoxy) is 1. The minimum Gasteiger partial charge on any atom is -0.468 e. The molecule has 6 nitrogen and oxygen atoms in total. The first-order chi connectivity index (χ1) is 8.56. The van der Waals surface area contributed by atoms with Crippen LogP contribution in [-0.2, 0) is 9.53 Å². The molecule has 1 aromatic carbocycles. The third-order valence-corrected chi connectivity index (χ3v) is 2.21. The van der Waals surface area contributed by atoms with Crippen LogP contribution in [0.2, 0.25) is 0 Å². The first-order valence-electron chi connectivity index (χ1n) is 5.16. The average molecular weight is 247 g/mol. The summed E-state index contributed by atoms with van der Waals surface area (Å²) in [7, 11) is 2.74. The van der Waals surface area contributed by atoms with Crippen LogP contribution in [0.25, 0.3) is 0 Å². The number of benzene rings is 1. The number of likely N-dealkylation sites (N-methyl/N-ethyl adjacent to an activating group) is 1. The fourth-order valence-corrected chi connectivity index (χ4v) is 1.18. The molecule has 0 fully saturated rings. The van der Waals surface area contributed by atoms with E-state index in [1.807, 2.05) is 6.07 Å². The lowest BCUT2D eigenvalue weighted by Gasteiger charge is -2.16. The fraction of sp³-hybridized carbons (Fsp3) is 0.250. The second-order valence-electron chi connectivity index (χ2n) is 3.55. The lowest BCUT2D eigenvalue weighted by atomic mass is 10.2. The molecular formula is C12H13N3O3. The third kappa shape index (κ3) is 3.79. The van der Waals surface area contributed by atoms with Gasteiger partial charge in [0.05, 0.1) is 18.7 Å². The predicted octanol–water partition coefficient (Wildman–Crippen LogP) is 1.19. The summed E-state index contributed by atoms with van der Waals surface area (Å²) in [6.07, 6.45) is 0. The van der Waals surface area contributed by atoms with Crippen molar-refractivity contribution in [3.8, 4) is 6.07 Å². The van der Waals surface area contributed by atoms with Gasteiger partial charge in [0.1, 0.15) is 6.54 Å². The Morgan fingerprint density at radius 3 is 2.50 bits per heavy atom. The first-order valence-corrected chi connectivity index (χ1v) is 5.16. The molecule has 0 radical (unpaired) electrons. The number of urea groups is 1. The topological polar surface area (TPSA) is 82.4 Å². The largest absolute Gasteiger partial charge is 0.468 e. The fourth-order valence-electron chi connectivity index (χ4n) is 1.18. The van der Waals surface area contributed by atoms with E-state index in [-0.39, 0.29) is 6.54 Å². The van der Waals surface area contributed by atoms with Crippen molar-refractivity contribution in [3.63, 3.8) is 0 Å². The highest BCUT2D eigenvalue weighted by Crippen LogP contribution is 2.09. The lowest BCUT2D eigenvalue weighted by molar-refractivity contribution is -0.140. The van der Waals surface area contributed by atoms with Gasteiger partial charge in [-0.15, -0.1) is 0 Å². The third-order valence-electron chi connectivity index (χ3n) is 2.21. The van der Waals surface area contributed by atoms with E-state index in [1.54, 1.807) is 24.3 Å². The molecule has 0 aliphatic heterocycles. The van der Waals surface area contributed by atoms with Crippen LogP contribution in [0, 0.1) is 11.3 Å². The van der Waals surface area contributed by atoms with Crippen LogP contribution in [-0.4, -0.2) is 37.6 Å². The quantitative estimate of drug-likeness (QED) is 0.813. The Balaban J connectivity index is 2.58. The number of methoxy groups -OCH3 is 1. The minimum absolute atomic E-state index is 0.126. The molecule has 6 heteroatoms. The van der Waals surface area contributed by atoms with E-state index in [1.165, 1.54) is 19.1 Å². The maximum atomic E-state index is 11.7. The number of hydrogen-bond acceptors (Lipinski definition) is 4. The van der Waals surface area contributed by atoms with E-state index in [2.05, 4.69) is 10.1 Å². The van der Waals surface area contributed by atoms with Crippen molar-refractivity contribution in [3.05, 3.63) is 29.8 Å². The zero-order valence-corrected chi connectivity index (χ0v) is 10.1. The van der Waals surface area contributed by atoms with Gasteiger partial charge in [-0.25, -0.2) is 4.79 Å². The molecule has 2 amide bonds. The summed E-state index contributed by atoms with van der Waals surface area (Å²) in [5.74, 6) is -0.493. The molecule has 0 saturated carbocycles. The van der Waals surface area contributed by atoms with E-state index in [9.17, 15) is 9.59 Å². The van der Waals surface area contributed by atoms with Crippen molar-refractivity contribution in [2.24, 2.45) is 0 Å². The molecule has 0 aliphatic rings. The van der Waals surface area contributed by atoms with E-state index in [0.717, 1.165) is 0 Å². The summed E-state index contributed by atoms with van der Waals surface area (Å²) in [5.41, 5.74) is 1.06. The van der Waals surface area contributed by atoms with Gasteiger partial charge in [0.2, 0.25) is 0 Å². The molecule has 1 N–H and O–H groups in total. The molecule has 0 saturated heterocycles. The normalized spacial score (nSPS) is 9.17. The number of nitrogens with one attached hydrogen (secondary N) is 1. The minimum atomic E-state index is -0.493. The molecule has 0 unspecified atom stereocenters. The van der Waals surface area contributed by atoms with Crippen LogP contribution in [0.4, 0.5) is 10.5 Å². The maximum Gasteiger partial charge on any atom is 0.325 e. The SMILES string of the molecule is COC(=O)CN(C)C(=O)Nc1ccc(C#N)cc1. The van der Waals surface area contributed by atoms with Crippen LogP contribution in [0.1, 0.15) is 5.56 Å². The van der Waals surface area contributed by atoms with Gasteiger partial charge in [-0.05, 0) is 24.3 Å². The molecular weight excluding hydrogens is 234 g/mol. The monoisotopic (exact) mass is 247 g/mol. The van der Waals surface area contributed by atoms with Crippen LogP contribution < -0.4 is 5.32 Å². The molecule has 1 rings (SSSR count). The number of esters is 1. The van der Waals surface area contributed by atoms with Crippen molar-refractivity contribution in [1.29, 1.82) is 5.26 Å². The number of carbonyl (C=O) groups excluding carboxylic acids is 2. The molecule has 0 aromatic heterocycles. The summed E-state index contributed by atoms with van der Waals surface area (Å²) in [6, 6.07) is 7.97. The highest BCUT2D eigenvalue weighted by Gasteiger charge is 2.12. The zero-order chi connectivity index (χ0) is 13.5. The van der Waals surface area contributed by atoms with Crippen LogP contribution in [0.3, 0.4) is 0 Å². The maximum absolute atomic E-state index is 11.7. The Morgan fingerprint density at radius 1 is 1.39 bits per heavy atom. The Kier molecular flexibility index (Phi) is 4.69. The molecule has 0 heterocycles. The van der Waals surface area contributed by atoms with E-state index >= 15 is 0 Å². The molecule has 0 spiro atoms. The van der Waals surface area contributed by atoms with Crippen LogP contribution in [0.5, 0.6) is 0 Å². The predicted molar refractivity (Wildman–Crippen MR) is 64.8 cm³/mol. The number of rotatable bonds is 3. The number of nitrogens with zero attached hydrogens (tertiary/aromatic N) is 2. The second kappa shape index (κ2) is 6.25. The van der Waals surface area contributed by atoms with Gasteiger partial charge in [-0.2, -0.15) is 5.26 Å². The van der Waals surface area contributed by atoms with Crippen molar-refractivity contribution in [2.75, 3.05) is 26.0 Å². The van der Waals surface area contributed by atoms with Crippen LogP contribution >= 0.6 is 0 Å². The van der Waals surface area contributed by atoms with Gasteiger partial charge >= 0.3 is 12.0 Å². The molecule has 94 valence electrons. The summed E-state index contributed by atoms with van der Waals surface area (Å²) in [5, 5.41) is 11.2. The first kappa shape index (κ1) is 13.5. The molecule has 1 aromatic rings. The molecule has 18 heavy (non-hydrogen) atoms. The van der Waals surface area contributed by atoms with Gasteiger partial charge < -0.3 is 15.0 Å². The highest BCUT2D eigenvalue weighted by molar-refractivity contribution is 5.91. The molecule has 0 aliphatic carbocycles. The van der Waals surface area contributed by atoms with Crippen molar-refractivity contribution in [1.82, 2.24) is 4.90 Å². The number of nitriles is 1. The number of amides is 2. The van der Waals surface area contributed by atoms with Gasteiger partial charge in [-0.1, -0.05) is 0 Å². The van der Waals surface area contributed by atoms with Crippen LogP contribution in [0.15, 0.2) is 24.3 Å². The van der Waals surface area contributed by atoms with Crippen molar-refractivity contribution in [2.45, 2.75) is 0 Å². The van der Waals surface area contributed by atoms with Gasteiger partial charge in [0, 0.05) is 12.7 Å². The average Bonchev–Trinajstić information content (AvgIpc) is 2.39. The van der Waals surface area contributed by atoms with E-state index < -0.39 is 12.0 Å². The standard InChI is InChI=1S/C12H13N3O3/c1-15(8-11(16)18-2)12(17)14-10-5-3-9(7-13)4-6-10/h3-6H,8H2,1-2H3,(H,14,17). The van der Waals surface area contributed by atoms with Gasteiger partial charge in [0.15, 0.2) is 0 Å². The van der Waals surface area contributed by atoms with Crippen molar-refractivity contribution < 1.29 is 14.3 Å². The van der Waals surface area contributed by atoms with Crippen molar-refractivity contribution >= 4 is 17.7 Å². The number of carbonyl (C=O) groups is 2. The Hall–Kier alpha value is -2.55. The number of anilines is 1. The number of hydrogen-bond donors (Lipinski definition) is 1. The lowest BCUT2D eigenvalue weighted by Crippen LogP contribution is -2.35. The molecule has 0 atom stereocenters. The van der Waals surface area contributed by atoms with E-state index in [0.29, 0.717) is 11.3 Å². The highest BCUT2D eigenvalue weighted by atomic mass is 16.5. The second-order valence-corrected chi connectivity index (χ2v) is 3.55. The summed E-state index contributed by atoms with van der Waals surface area (Å²) in [6.45, 7) is -0.126. The van der Waals surface area contributed by atoms with Gasteiger partial charge in [0.25, 0.3) is 0 Å². The zero-order valence-electron chi connectivity index (χ0n) is 10.1. The van der Waals surface area contributed by atoms with E-state index in [4.69, 9.17) is 5.26 Å². The Morgan fingerprint density at radius 2 is 2.00 bits per heavy atom. The summed E-state index contributed by atoms with van der Waals surface area (Å²) < 4.78 is 4.45.